The van der Waals surface area contributed by atoms with Crippen LogP contribution in [0.25, 0.3) is 0 Å². The summed E-state index contributed by atoms with van der Waals surface area (Å²) in [5.74, 6) is -1.28. The predicted molar refractivity (Wildman–Crippen MR) is 43.1 cm³/mol. The lowest BCUT2D eigenvalue weighted by Gasteiger charge is -2.28. The second-order valence-corrected chi connectivity index (χ2v) is 2.98. The van der Waals surface area contributed by atoms with Gasteiger partial charge >= 0.3 is 6.09 Å². The van der Waals surface area contributed by atoms with Crippen molar-refractivity contribution >= 4 is 12.1 Å². The van der Waals surface area contributed by atoms with Crippen molar-refractivity contribution in [2.75, 3.05) is 14.2 Å². The predicted octanol–water partition coefficient (Wildman–Crippen LogP) is -1.06. The van der Waals surface area contributed by atoms with Gasteiger partial charge in [0.05, 0.1) is 19.1 Å². The number of carbonyl (C=O) groups excluding carboxylic acids is 2. The molecule has 0 bridgehead atoms. The second-order valence-electron chi connectivity index (χ2n) is 2.98. The van der Waals surface area contributed by atoms with Crippen LogP contribution in [0.1, 0.15) is 12.8 Å². The van der Waals surface area contributed by atoms with E-state index in [-0.39, 0.29) is 0 Å². The number of carboxylic acids is 1. The molecule has 0 saturated carbocycles. The summed E-state index contributed by atoms with van der Waals surface area (Å²) in [6, 6.07) is -0.951. The molecule has 2 atom stereocenters. The number of aliphatic carboxylic acids is 1. The number of methoxy groups -OCH3 is 2. The zero-order valence-corrected chi connectivity index (χ0v) is 8.06. The summed E-state index contributed by atoms with van der Waals surface area (Å²) in [5, 5.41) is 10.7. The molecule has 0 aliphatic carbocycles. The molecule has 0 N–H and O–H groups in total. The number of hydrogen-bond donors (Lipinski definition) is 0. The minimum absolute atomic E-state index is 0.329. The molecule has 1 amide bonds. The summed E-state index contributed by atoms with van der Waals surface area (Å²) in [5.41, 5.74) is 0. The molecule has 0 aromatic carbocycles. The van der Waals surface area contributed by atoms with E-state index < -0.39 is 24.3 Å². The van der Waals surface area contributed by atoms with E-state index >= 15 is 0 Å². The fourth-order valence-electron chi connectivity index (χ4n) is 1.59. The summed E-state index contributed by atoms with van der Waals surface area (Å²) in [7, 11) is 2.61. The van der Waals surface area contributed by atoms with E-state index in [9.17, 15) is 14.7 Å². The van der Waals surface area contributed by atoms with Crippen LogP contribution in [0.5, 0.6) is 0 Å². The zero-order chi connectivity index (χ0) is 10.7. The van der Waals surface area contributed by atoms with Crippen molar-refractivity contribution in [2.24, 2.45) is 0 Å². The molecule has 1 unspecified atom stereocenters. The molecule has 0 aromatic heterocycles. The SMILES string of the molecule is COC(=O)N1C(OC)CC[C@H]1C(=O)[O-]. The van der Waals surface area contributed by atoms with Crippen molar-refractivity contribution in [3.63, 3.8) is 0 Å². The van der Waals surface area contributed by atoms with Crippen molar-refractivity contribution in [2.45, 2.75) is 25.1 Å². The summed E-state index contributed by atoms with van der Waals surface area (Å²) < 4.78 is 9.42. The fraction of sp³-hybridized carbons (Fsp3) is 0.750. The number of nitrogens with zero attached hydrogens (tertiary/aromatic N) is 1. The van der Waals surface area contributed by atoms with Crippen molar-refractivity contribution in [3.8, 4) is 0 Å². The number of ether oxygens (including phenoxy) is 2. The van der Waals surface area contributed by atoms with Crippen LogP contribution in [0.2, 0.25) is 0 Å². The molecule has 1 aliphatic rings. The topological polar surface area (TPSA) is 78.9 Å². The maximum Gasteiger partial charge on any atom is 0.412 e. The zero-order valence-electron chi connectivity index (χ0n) is 8.06. The van der Waals surface area contributed by atoms with Crippen LogP contribution in [-0.4, -0.2) is 43.5 Å². The quantitative estimate of drug-likeness (QED) is 0.570. The standard InChI is InChI=1S/C8H13NO5/c1-13-6-4-3-5(7(10)11)9(6)8(12)14-2/h5-6H,3-4H2,1-2H3,(H,10,11)/p-1/t5-,6?/m0/s1. The smallest absolute Gasteiger partial charge is 0.412 e. The molecule has 1 saturated heterocycles. The van der Waals surface area contributed by atoms with Crippen LogP contribution in [0, 0.1) is 0 Å². The lowest BCUT2D eigenvalue weighted by molar-refractivity contribution is -0.311. The second kappa shape index (κ2) is 4.28. The van der Waals surface area contributed by atoms with Crippen molar-refractivity contribution < 1.29 is 24.2 Å². The van der Waals surface area contributed by atoms with E-state index in [1.807, 2.05) is 0 Å². The highest BCUT2D eigenvalue weighted by molar-refractivity contribution is 5.79. The highest BCUT2D eigenvalue weighted by Crippen LogP contribution is 2.24. The van der Waals surface area contributed by atoms with Gasteiger partial charge in [0.1, 0.15) is 6.23 Å². The third-order valence-corrected chi connectivity index (χ3v) is 2.26. The molecule has 6 heteroatoms. The first-order valence-electron chi connectivity index (χ1n) is 4.21. The van der Waals surface area contributed by atoms with Gasteiger partial charge in [-0.3, -0.25) is 4.90 Å². The molecular formula is C8H12NO5-. The Morgan fingerprint density at radius 3 is 2.43 bits per heavy atom. The van der Waals surface area contributed by atoms with Crippen molar-refractivity contribution in [1.29, 1.82) is 0 Å². The lowest BCUT2D eigenvalue weighted by atomic mass is 10.2. The molecule has 0 aromatic rings. The Morgan fingerprint density at radius 1 is 1.36 bits per heavy atom. The lowest BCUT2D eigenvalue weighted by Crippen LogP contribution is -2.50. The van der Waals surface area contributed by atoms with Crippen molar-refractivity contribution in [1.82, 2.24) is 4.90 Å². The Bertz CT molecular complexity index is 242. The summed E-state index contributed by atoms with van der Waals surface area (Å²) in [4.78, 5) is 23.0. The van der Waals surface area contributed by atoms with Gasteiger partial charge in [-0.1, -0.05) is 0 Å². The van der Waals surface area contributed by atoms with Gasteiger partial charge in [-0.05, 0) is 12.8 Å². The number of hydrogen-bond acceptors (Lipinski definition) is 5. The molecule has 0 spiro atoms. The van der Waals surface area contributed by atoms with Crippen LogP contribution in [-0.2, 0) is 14.3 Å². The van der Waals surface area contributed by atoms with Gasteiger partial charge in [0.15, 0.2) is 0 Å². The molecule has 0 radical (unpaired) electrons. The van der Waals surface area contributed by atoms with Crippen LogP contribution in [0.4, 0.5) is 4.79 Å². The van der Waals surface area contributed by atoms with Gasteiger partial charge in [-0.25, -0.2) is 4.79 Å². The summed E-state index contributed by atoms with van der Waals surface area (Å²) >= 11 is 0. The van der Waals surface area contributed by atoms with Gasteiger partial charge < -0.3 is 19.4 Å². The Kier molecular flexibility index (Phi) is 3.29. The maximum atomic E-state index is 11.2. The fourth-order valence-corrected chi connectivity index (χ4v) is 1.59. The van der Waals surface area contributed by atoms with E-state index in [1.54, 1.807) is 0 Å². The first-order chi connectivity index (χ1) is 6.61. The summed E-state index contributed by atoms with van der Waals surface area (Å²) in [6.45, 7) is 0. The highest BCUT2D eigenvalue weighted by Gasteiger charge is 2.38. The molecule has 1 aliphatic heterocycles. The number of likely N-dealkylation sites (tertiary alicyclic amines) is 1. The Balaban J connectivity index is 2.80. The van der Waals surface area contributed by atoms with Gasteiger partial charge in [0, 0.05) is 7.11 Å². The van der Waals surface area contributed by atoms with Gasteiger partial charge in [0.2, 0.25) is 0 Å². The number of carboxylic acid groups (broad SMARTS) is 1. The third-order valence-electron chi connectivity index (χ3n) is 2.26. The van der Waals surface area contributed by atoms with E-state index in [1.165, 1.54) is 14.2 Å². The first-order valence-corrected chi connectivity index (χ1v) is 4.21. The minimum atomic E-state index is -1.28. The largest absolute Gasteiger partial charge is 0.548 e. The first kappa shape index (κ1) is 10.8. The summed E-state index contributed by atoms with van der Waals surface area (Å²) in [6.07, 6.45) is -0.436. The average molecular weight is 202 g/mol. The van der Waals surface area contributed by atoms with Gasteiger partial charge in [-0.2, -0.15) is 0 Å². The van der Waals surface area contributed by atoms with E-state index in [2.05, 4.69) is 4.74 Å². The Labute approximate surface area is 81.4 Å². The minimum Gasteiger partial charge on any atom is -0.548 e. The Morgan fingerprint density at radius 2 is 2.00 bits per heavy atom. The number of amides is 1. The highest BCUT2D eigenvalue weighted by atomic mass is 16.6. The normalized spacial score (nSPS) is 26.3. The van der Waals surface area contributed by atoms with E-state index in [0.29, 0.717) is 12.8 Å². The molecule has 1 fully saturated rings. The maximum absolute atomic E-state index is 11.2. The monoisotopic (exact) mass is 202 g/mol. The molecule has 14 heavy (non-hydrogen) atoms. The third kappa shape index (κ3) is 1.79. The van der Waals surface area contributed by atoms with Gasteiger partial charge in [0.25, 0.3) is 0 Å². The van der Waals surface area contributed by atoms with Crippen LogP contribution in [0.3, 0.4) is 0 Å². The van der Waals surface area contributed by atoms with Crippen LogP contribution in [0.15, 0.2) is 0 Å². The van der Waals surface area contributed by atoms with E-state index in [0.717, 1.165) is 4.90 Å². The molecule has 1 heterocycles. The van der Waals surface area contributed by atoms with Crippen LogP contribution < -0.4 is 5.11 Å². The van der Waals surface area contributed by atoms with Crippen LogP contribution >= 0.6 is 0 Å². The van der Waals surface area contributed by atoms with Crippen molar-refractivity contribution in [3.05, 3.63) is 0 Å². The number of carbonyl (C=O) groups is 2. The molecular weight excluding hydrogens is 190 g/mol. The molecule has 80 valence electrons. The molecule has 1 rings (SSSR count). The average Bonchev–Trinajstić information content (AvgIpc) is 2.59. The van der Waals surface area contributed by atoms with E-state index in [4.69, 9.17) is 4.74 Å². The molecule has 6 nitrogen and oxygen atoms in total. The number of rotatable bonds is 2. The Hall–Kier alpha value is -1.30. The van der Waals surface area contributed by atoms with Gasteiger partial charge in [-0.15, -0.1) is 0 Å².